The smallest absolute Gasteiger partial charge is 0.0645 e. The zero-order valence-corrected chi connectivity index (χ0v) is 12.2. The van der Waals surface area contributed by atoms with Gasteiger partial charge in [0.05, 0.1) is 11.9 Å². The molecule has 3 rings (SSSR count). The molecule has 0 fully saturated rings. The van der Waals surface area contributed by atoms with Gasteiger partial charge in [-0.25, -0.2) is 4.68 Å². The van der Waals surface area contributed by atoms with Crippen molar-refractivity contribution in [2.24, 2.45) is 0 Å². The van der Waals surface area contributed by atoms with E-state index in [9.17, 15) is 0 Å². The normalized spacial score (nSPS) is 10.7. The van der Waals surface area contributed by atoms with E-state index in [1.54, 1.807) is 0 Å². The van der Waals surface area contributed by atoms with Crippen LogP contribution in [0.2, 0.25) is 0 Å². The Labute approximate surface area is 125 Å². The zero-order chi connectivity index (χ0) is 14.5. The molecule has 0 spiro atoms. The monoisotopic (exact) mass is 277 g/mol. The van der Waals surface area contributed by atoms with Crippen molar-refractivity contribution in [2.75, 3.05) is 6.54 Å². The quantitative estimate of drug-likeness (QED) is 0.771. The first-order valence-electron chi connectivity index (χ1n) is 7.27. The Morgan fingerprint density at radius 2 is 1.86 bits per heavy atom. The predicted molar refractivity (Wildman–Crippen MR) is 86.4 cm³/mol. The summed E-state index contributed by atoms with van der Waals surface area (Å²) in [4.78, 5) is 0. The topological polar surface area (TPSA) is 29.9 Å². The Kier molecular flexibility index (Phi) is 4.12. The van der Waals surface area contributed by atoms with Gasteiger partial charge in [-0.1, -0.05) is 43.3 Å². The van der Waals surface area contributed by atoms with Crippen molar-refractivity contribution < 1.29 is 0 Å². The third-order valence-electron chi connectivity index (χ3n) is 3.44. The molecule has 0 unspecified atom stereocenters. The van der Waals surface area contributed by atoms with Gasteiger partial charge in [0.1, 0.15) is 0 Å². The van der Waals surface area contributed by atoms with Crippen molar-refractivity contribution >= 4 is 0 Å². The molecule has 2 aromatic carbocycles. The van der Waals surface area contributed by atoms with Gasteiger partial charge in [0.2, 0.25) is 0 Å². The van der Waals surface area contributed by atoms with Crippen LogP contribution in [0.4, 0.5) is 0 Å². The molecule has 0 bridgehead atoms. The van der Waals surface area contributed by atoms with Gasteiger partial charge < -0.3 is 5.32 Å². The van der Waals surface area contributed by atoms with Crippen LogP contribution in [-0.4, -0.2) is 16.3 Å². The van der Waals surface area contributed by atoms with Gasteiger partial charge in [0.15, 0.2) is 0 Å². The molecule has 0 saturated heterocycles. The van der Waals surface area contributed by atoms with Gasteiger partial charge >= 0.3 is 0 Å². The average molecular weight is 277 g/mol. The Morgan fingerprint density at radius 1 is 1.00 bits per heavy atom. The highest BCUT2D eigenvalue weighted by Gasteiger charge is 2.04. The number of rotatable bonds is 5. The first-order chi connectivity index (χ1) is 10.4. The van der Waals surface area contributed by atoms with Crippen LogP contribution in [0.5, 0.6) is 0 Å². The van der Waals surface area contributed by atoms with E-state index in [0.29, 0.717) is 0 Å². The number of benzene rings is 2. The molecule has 1 heterocycles. The summed E-state index contributed by atoms with van der Waals surface area (Å²) in [7, 11) is 0. The maximum absolute atomic E-state index is 4.46. The molecule has 1 aromatic heterocycles. The van der Waals surface area contributed by atoms with Crippen molar-refractivity contribution in [3.8, 4) is 16.8 Å². The van der Waals surface area contributed by atoms with E-state index in [0.717, 1.165) is 24.3 Å². The first-order valence-corrected chi connectivity index (χ1v) is 7.27. The van der Waals surface area contributed by atoms with E-state index in [1.807, 2.05) is 29.1 Å². The molecule has 0 aliphatic carbocycles. The minimum atomic E-state index is 0.900. The second kappa shape index (κ2) is 6.37. The summed E-state index contributed by atoms with van der Waals surface area (Å²) in [6, 6.07) is 18.8. The van der Waals surface area contributed by atoms with Crippen LogP contribution in [0.15, 0.2) is 67.0 Å². The fraction of sp³-hybridized carbons (Fsp3) is 0.167. The Balaban J connectivity index is 1.86. The minimum Gasteiger partial charge on any atom is -0.313 e. The number of hydrogen-bond acceptors (Lipinski definition) is 2. The standard InChI is InChI=1S/C18H19N3/c1-2-19-12-15-7-6-8-16(11-15)17-13-20-21(14-17)18-9-4-3-5-10-18/h3-11,13-14,19H,2,12H2,1H3. The van der Waals surface area contributed by atoms with Crippen LogP contribution in [0, 0.1) is 0 Å². The Morgan fingerprint density at radius 3 is 2.67 bits per heavy atom. The van der Waals surface area contributed by atoms with Gasteiger partial charge in [-0.2, -0.15) is 5.10 Å². The van der Waals surface area contributed by atoms with E-state index >= 15 is 0 Å². The van der Waals surface area contributed by atoms with Gasteiger partial charge in [-0.15, -0.1) is 0 Å². The molecule has 3 heteroatoms. The first kappa shape index (κ1) is 13.6. The number of nitrogens with zero attached hydrogens (tertiary/aromatic N) is 2. The summed E-state index contributed by atoms with van der Waals surface area (Å²) in [5.41, 5.74) is 4.71. The lowest BCUT2D eigenvalue weighted by Gasteiger charge is -2.04. The lowest BCUT2D eigenvalue weighted by molar-refractivity contribution is 0.727. The summed E-state index contributed by atoms with van der Waals surface area (Å²) in [5.74, 6) is 0. The van der Waals surface area contributed by atoms with Crippen molar-refractivity contribution in [1.82, 2.24) is 15.1 Å². The summed E-state index contributed by atoms with van der Waals surface area (Å²) < 4.78 is 1.91. The molecule has 0 aliphatic heterocycles. The molecule has 3 nitrogen and oxygen atoms in total. The van der Waals surface area contributed by atoms with E-state index < -0.39 is 0 Å². The Hall–Kier alpha value is -2.39. The highest BCUT2D eigenvalue weighted by Crippen LogP contribution is 2.21. The molecule has 0 aliphatic rings. The second-order valence-electron chi connectivity index (χ2n) is 4.99. The minimum absolute atomic E-state index is 0.900. The summed E-state index contributed by atoms with van der Waals surface area (Å²) >= 11 is 0. The van der Waals surface area contributed by atoms with E-state index in [4.69, 9.17) is 0 Å². The van der Waals surface area contributed by atoms with Crippen molar-refractivity contribution in [3.05, 3.63) is 72.6 Å². The third kappa shape index (κ3) is 3.20. The van der Waals surface area contributed by atoms with E-state index in [2.05, 4.69) is 59.9 Å². The molecule has 0 radical (unpaired) electrons. The highest BCUT2D eigenvalue weighted by atomic mass is 15.3. The Bertz CT molecular complexity index is 701. The number of nitrogens with one attached hydrogen (secondary N) is 1. The van der Waals surface area contributed by atoms with Gasteiger partial charge in [-0.05, 0) is 35.9 Å². The maximum Gasteiger partial charge on any atom is 0.0645 e. The van der Waals surface area contributed by atoms with Crippen LogP contribution in [0.3, 0.4) is 0 Å². The van der Waals surface area contributed by atoms with E-state index in [-0.39, 0.29) is 0 Å². The van der Waals surface area contributed by atoms with Crippen LogP contribution < -0.4 is 5.32 Å². The lowest BCUT2D eigenvalue weighted by atomic mass is 10.1. The molecular weight excluding hydrogens is 258 g/mol. The molecule has 21 heavy (non-hydrogen) atoms. The molecule has 106 valence electrons. The molecule has 0 atom stereocenters. The number of hydrogen-bond donors (Lipinski definition) is 1. The third-order valence-corrected chi connectivity index (χ3v) is 3.44. The van der Waals surface area contributed by atoms with Gasteiger partial charge in [0.25, 0.3) is 0 Å². The molecule has 0 amide bonds. The van der Waals surface area contributed by atoms with Crippen LogP contribution >= 0.6 is 0 Å². The van der Waals surface area contributed by atoms with Crippen LogP contribution in [-0.2, 0) is 6.54 Å². The van der Waals surface area contributed by atoms with Crippen LogP contribution in [0.1, 0.15) is 12.5 Å². The molecule has 0 saturated carbocycles. The van der Waals surface area contributed by atoms with Gasteiger partial charge in [0, 0.05) is 18.3 Å². The fourth-order valence-electron chi connectivity index (χ4n) is 2.32. The van der Waals surface area contributed by atoms with Crippen molar-refractivity contribution in [3.63, 3.8) is 0 Å². The molecular formula is C18H19N3. The lowest BCUT2D eigenvalue weighted by Crippen LogP contribution is -2.11. The fourth-order valence-corrected chi connectivity index (χ4v) is 2.32. The summed E-state index contributed by atoms with van der Waals surface area (Å²) in [5, 5.41) is 7.81. The van der Waals surface area contributed by atoms with Crippen molar-refractivity contribution in [1.29, 1.82) is 0 Å². The number of aromatic nitrogens is 2. The average Bonchev–Trinajstić information content (AvgIpc) is 3.04. The summed E-state index contributed by atoms with van der Waals surface area (Å²) in [6.45, 7) is 4.00. The predicted octanol–water partition coefficient (Wildman–Crippen LogP) is 3.65. The summed E-state index contributed by atoms with van der Waals surface area (Å²) in [6.07, 6.45) is 3.99. The van der Waals surface area contributed by atoms with E-state index in [1.165, 1.54) is 11.1 Å². The largest absolute Gasteiger partial charge is 0.313 e. The second-order valence-corrected chi connectivity index (χ2v) is 4.99. The molecule has 3 aromatic rings. The zero-order valence-electron chi connectivity index (χ0n) is 12.2. The maximum atomic E-state index is 4.46. The highest BCUT2D eigenvalue weighted by molar-refractivity contribution is 5.63. The van der Waals surface area contributed by atoms with Crippen LogP contribution in [0.25, 0.3) is 16.8 Å². The van der Waals surface area contributed by atoms with Gasteiger partial charge in [-0.3, -0.25) is 0 Å². The van der Waals surface area contributed by atoms with Crippen molar-refractivity contribution in [2.45, 2.75) is 13.5 Å². The molecule has 1 N–H and O–H groups in total. The SMILES string of the molecule is CCNCc1cccc(-c2cnn(-c3ccccc3)c2)c1. The number of para-hydroxylation sites is 1.